The van der Waals surface area contributed by atoms with Gasteiger partial charge in [-0.1, -0.05) is 0 Å². The first kappa shape index (κ1) is 14.7. The average Bonchev–Trinajstić information content (AvgIpc) is 2.37. The van der Waals surface area contributed by atoms with Gasteiger partial charge in [0.2, 0.25) is 0 Å². The zero-order chi connectivity index (χ0) is 15.8. The maximum atomic E-state index is 11.9. The van der Waals surface area contributed by atoms with Crippen LogP contribution in [0.1, 0.15) is 20.3 Å². The Bertz CT molecular complexity index is 627. The second-order valence-corrected chi connectivity index (χ2v) is 5.20. The fourth-order valence-electron chi connectivity index (χ4n) is 2.22. The highest BCUT2D eigenvalue weighted by molar-refractivity contribution is 5.90. The highest BCUT2D eigenvalue weighted by Crippen LogP contribution is 2.36. The van der Waals surface area contributed by atoms with Crippen molar-refractivity contribution >= 4 is 23.2 Å². The number of amides is 1. The van der Waals surface area contributed by atoms with E-state index < -0.39 is 32.9 Å². The summed E-state index contributed by atoms with van der Waals surface area (Å²) in [6.07, 6.45) is -0.0850. The van der Waals surface area contributed by atoms with Gasteiger partial charge in [0.25, 0.3) is 0 Å². The molecule has 0 spiro atoms. The third kappa shape index (κ3) is 2.62. The Balaban J connectivity index is 2.54. The van der Waals surface area contributed by atoms with Crippen molar-refractivity contribution in [3.05, 3.63) is 38.4 Å². The molecule has 0 aromatic heterocycles. The molecule has 0 atom stereocenters. The smallest absolute Gasteiger partial charge is 0.414 e. The lowest BCUT2D eigenvalue weighted by Gasteiger charge is -2.41. The zero-order valence-electron chi connectivity index (χ0n) is 11.4. The Labute approximate surface area is 119 Å². The number of hydrogen-bond acceptors (Lipinski definition) is 6. The molecule has 0 N–H and O–H groups in total. The van der Waals surface area contributed by atoms with Gasteiger partial charge in [0.1, 0.15) is 0 Å². The maximum absolute atomic E-state index is 11.9. The number of nitrogens with zero attached hydrogens (tertiary/aromatic N) is 3. The molecule has 0 bridgehead atoms. The van der Waals surface area contributed by atoms with Gasteiger partial charge in [-0.05, 0) is 19.9 Å². The van der Waals surface area contributed by atoms with Crippen molar-refractivity contribution in [3.63, 3.8) is 0 Å². The van der Waals surface area contributed by atoms with Crippen molar-refractivity contribution in [2.75, 3.05) is 11.5 Å². The van der Waals surface area contributed by atoms with Crippen molar-refractivity contribution in [2.24, 2.45) is 0 Å². The normalized spacial score (nSPS) is 17.2. The van der Waals surface area contributed by atoms with E-state index in [2.05, 4.69) is 0 Å². The van der Waals surface area contributed by atoms with Crippen LogP contribution >= 0.6 is 0 Å². The molecule has 2 rings (SSSR count). The van der Waals surface area contributed by atoms with Crippen LogP contribution in [0.2, 0.25) is 0 Å². The Kier molecular flexibility index (Phi) is 3.50. The highest BCUT2D eigenvalue weighted by atomic mass is 16.6. The van der Waals surface area contributed by atoms with Crippen molar-refractivity contribution in [1.82, 2.24) is 0 Å². The molecule has 1 aliphatic rings. The average molecular weight is 295 g/mol. The molecule has 0 unspecified atom stereocenters. The van der Waals surface area contributed by atoms with E-state index in [-0.39, 0.29) is 12.3 Å². The summed E-state index contributed by atoms with van der Waals surface area (Å²) in [6, 6.07) is 3.34. The predicted octanol–water partition coefficient (Wildman–Crippen LogP) is 2.63. The van der Waals surface area contributed by atoms with Gasteiger partial charge in [-0.3, -0.25) is 25.1 Å². The molecule has 1 amide bonds. The van der Waals surface area contributed by atoms with Gasteiger partial charge >= 0.3 is 17.5 Å². The Morgan fingerprint density at radius 3 is 2.33 bits per heavy atom. The van der Waals surface area contributed by atoms with Crippen LogP contribution in [0.3, 0.4) is 0 Å². The van der Waals surface area contributed by atoms with Gasteiger partial charge in [0.05, 0.1) is 22.1 Å². The van der Waals surface area contributed by atoms with Crippen LogP contribution in [-0.2, 0) is 4.74 Å². The van der Waals surface area contributed by atoms with Crippen LogP contribution in [-0.4, -0.2) is 28.1 Å². The SMILES string of the molecule is CC1(C)CCOC(=O)N1c1ccc([N+](=O)[O-])c([N+](=O)[O-])c1. The van der Waals surface area contributed by atoms with Crippen LogP contribution in [0.25, 0.3) is 0 Å². The molecule has 9 nitrogen and oxygen atoms in total. The van der Waals surface area contributed by atoms with E-state index in [0.29, 0.717) is 6.42 Å². The van der Waals surface area contributed by atoms with Gasteiger partial charge in [-0.15, -0.1) is 0 Å². The number of nitro groups is 2. The number of carbonyl (C=O) groups is 1. The number of rotatable bonds is 3. The van der Waals surface area contributed by atoms with Crippen LogP contribution in [0.4, 0.5) is 21.9 Å². The molecule has 1 aromatic rings. The van der Waals surface area contributed by atoms with E-state index in [4.69, 9.17) is 4.74 Å². The standard InChI is InChI=1S/C12H13N3O6/c1-12(2)5-6-21-11(16)13(12)8-3-4-9(14(17)18)10(7-8)15(19)20/h3-4,7H,5-6H2,1-2H3. The maximum Gasteiger partial charge on any atom is 0.414 e. The van der Waals surface area contributed by atoms with Crippen LogP contribution in [0.15, 0.2) is 18.2 Å². The molecule has 1 saturated heterocycles. The summed E-state index contributed by atoms with van der Waals surface area (Å²) in [6.45, 7) is 3.85. The molecule has 0 saturated carbocycles. The van der Waals surface area contributed by atoms with E-state index in [0.717, 1.165) is 12.1 Å². The Hall–Kier alpha value is -2.71. The van der Waals surface area contributed by atoms with Crippen molar-refractivity contribution < 1.29 is 19.4 Å². The zero-order valence-corrected chi connectivity index (χ0v) is 11.4. The fraction of sp³-hybridized carbons (Fsp3) is 0.417. The number of anilines is 1. The molecular weight excluding hydrogens is 282 g/mol. The van der Waals surface area contributed by atoms with E-state index in [1.54, 1.807) is 13.8 Å². The summed E-state index contributed by atoms with van der Waals surface area (Å²) in [4.78, 5) is 33.3. The third-order valence-corrected chi connectivity index (χ3v) is 3.34. The summed E-state index contributed by atoms with van der Waals surface area (Å²) in [5.74, 6) is 0. The van der Waals surface area contributed by atoms with Crippen LogP contribution in [0.5, 0.6) is 0 Å². The molecular formula is C12H13N3O6. The fourth-order valence-corrected chi connectivity index (χ4v) is 2.22. The van der Waals surface area contributed by atoms with Gasteiger partial charge in [-0.25, -0.2) is 4.79 Å². The van der Waals surface area contributed by atoms with E-state index in [1.165, 1.54) is 11.0 Å². The molecule has 1 aromatic carbocycles. The van der Waals surface area contributed by atoms with Gasteiger partial charge in [0, 0.05) is 24.1 Å². The number of benzene rings is 1. The van der Waals surface area contributed by atoms with E-state index in [1.807, 2.05) is 0 Å². The summed E-state index contributed by atoms with van der Waals surface area (Å²) in [7, 11) is 0. The number of hydrogen-bond donors (Lipinski definition) is 0. The number of nitro benzene ring substituents is 2. The van der Waals surface area contributed by atoms with Crippen LogP contribution < -0.4 is 4.90 Å². The second kappa shape index (κ2) is 5.00. The molecule has 0 radical (unpaired) electrons. The number of ether oxygens (including phenoxy) is 1. The molecule has 1 aliphatic heterocycles. The first-order valence-corrected chi connectivity index (χ1v) is 6.14. The minimum absolute atomic E-state index is 0.196. The molecule has 9 heteroatoms. The first-order chi connectivity index (χ1) is 9.74. The Morgan fingerprint density at radius 2 is 1.81 bits per heavy atom. The van der Waals surface area contributed by atoms with Crippen molar-refractivity contribution in [1.29, 1.82) is 0 Å². The lowest BCUT2D eigenvalue weighted by Crippen LogP contribution is -2.52. The molecule has 0 aliphatic carbocycles. The summed E-state index contributed by atoms with van der Waals surface area (Å²) >= 11 is 0. The summed E-state index contributed by atoms with van der Waals surface area (Å²) in [5.41, 5.74) is -1.68. The molecule has 1 fully saturated rings. The highest BCUT2D eigenvalue weighted by Gasteiger charge is 2.39. The minimum Gasteiger partial charge on any atom is -0.449 e. The molecule has 112 valence electrons. The monoisotopic (exact) mass is 295 g/mol. The molecule has 21 heavy (non-hydrogen) atoms. The lowest BCUT2D eigenvalue weighted by molar-refractivity contribution is -0.422. The van der Waals surface area contributed by atoms with Crippen molar-refractivity contribution in [3.8, 4) is 0 Å². The second-order valence-electron chi connectivity index (χ2n) is 5.20. The van der Waals surface area contributed by atoms with Gasteiger partial charge in [0.15, 0.2) is 0 Å². The van der Waals surface area contributed by atoms with Gasteiger partial charge in [-0.2, -0.15) is 0 Å². The molecule has 1 heterocycles. The first-order valence-electron chi connectivity index (χ1n) is 6.14. The lowest BCUT2D eigenvalue weighted by atomic mass is 9.96. The van der Waals surface area contributed by atoms with Gasteiger partial charge < -0.3 is 4.74 Å². The summed E-state index contributed by atoms with van der Waals surface area (Å²) in [5, 5.41) is 21.8. The topological polar surface area (TPSA) is 116 Å². The Morgan fingerprint density at radius 1 is 1.19 bits per heavy atom. The van der Waals surface area contributed by atoms with Crippen LogP contribution in [0, 0.1) is 20.2 Å². The van der Waals surface area contributed by atoms with E-state index >= 15 is 0 Å². The number of cyclic esters (lactones) is 1. The van der Waals surface area contributed by atoms with E-state index in [9.17, 15) is 25.0 Å². The number of carbonyl (C=O) groups excluding carboxylic acids is 1. The summed E-state index contributed by atoms with van der Waals surface area (Å²) < 4.78 is 4.94. The third-order valence-electron chi connectivity index (χ3n) is 3.34. The quantitative estimate of drug-likeness (QED) is 0.625. The predicted molar refractivity (Wildman–Crippen MR) is 72.3 cm³/mol. The minimum atomic E-state index is -0.843. The van der Waals surface area contributed by atoms with Crippen molar-refractivity contribution in [2.45, 2.75) is 25.8 Å². The largest absolute Gasteiger partial charge is 0.449 e.